The molecule has 10 heteroatoms. The van der Waals surface area contributed by atoms with E-state index in [0.29, 0.717) is 6.42 Å². The molecule has 0 aromatic carbocycles. The second-order valence-electron chi connectivity index (χ2n) is 8.28. The van der Waals surface area contributed by atoms with Crippen LogP contribution in [0.1, 0.15) is 48.0 Å². The number of carboxylic acid groups (broad SMARTS) is 1. The maximum absolute atomic E-state index is 12.6. The van der Waals surface area contributed by atoms with E-state index in [4.69, 9.17) is 5.73 Å². The summed E-state index contributed by atoms with van der Waals surface area (Å²) in [6.07, 6.45) is 0.468. The molecule has 4 unspecified atom stereocenters. The van der Waals surface area contributed by atoms with Crippen LogP contribution in [0.4, 0.5) is 0 Å². The van der Waals surface area contributed by atoms with E-state index in [1.54, 1.807) is 27.7 Å². The zero-order chi connectivity index (χ0) is 22.9. The monoisotopic (exact) mass is 432 g/mol. The van der Waals surface area contributed by atoms with Crippen molar-refractivity contribution in [2.24, 2.45) is 23.5 Å². The van der Waals surface area contributed by atoms with Crippen LogP contribution in [-0.4, -0.2) is 58.7 Å². The van der Waals surface area contributed by atoms with Crippen LogP contribution in [0.15, 0.2) is 0 Å². The van der Waals surface area contributed by atoms with Gasteiger partial charge in [0.15, 0.2) is 0 Å². The highest BCUT2D eigenvalue weighted by atomic mass is 32.1. The van der Waals surface area contributed by atoms with E-state index < -0.39 is 47.9 Å². The SMILES string of the molecule is CC(C)CC(N)C(=O)NC(CS)C(=O)NC(C(=O)NC(C(=O)O)C(C)C)C(C)C. The predicted molar refractivity (Wildman–Crippen MR) is 114 cm³/mol. The number of nitrogens with one attached hydrogen (secondary N) is 3. The Hall–Kier alpha value is -1.81. The highest BCUT2D eigenvalue weighted by Crippen LogP contribution is 2.08. The second kappa shape index (κ2) is 12.7. The van der Waals surface area contributed by atoms with E-state index in [9.17, 15) is 24.3 Å². The van der Waals surface area contributed by atoms with Crippen molar-refractivity contribution in [1.29, 1.82) is 0 Å². The summed E-state index contributed by atoms with van der Waals surface area (Å²) in [6, 6.07) is -3.77. The van der Waals surface area contributed by atoms with Crippen molar-refractivity contribution < 1.29 is 24.3 Å². The van der Waals surface area contributed by atoms with Gasteiger partial charge < -0.3 is 26.8 Å². The minimum absolute atomic E-state index is 0.0160. The molecule has 0 aromatic rings. The Balaban J connectivity index is 5.16. The summed E-state index contributed by atoms with van der Waals surface area (Å²) in [7, 11) is 0. The molecular formula is C19H36N4O5S. The molecule has 6 N–H and O–H groups in total. The van der Waals surface area contributed by atoms with Gasteiger partial charge in [-0.25, -0.2) is 4.79 Å². The zero-order valence-electron chi connectivity index (χ0n) is 18.1. The molecule has 0 radical (unpaired) electrons. The first-order valence-electron chi connectivity index (χ1n) is 9.82. The van der Waals surface area contributed by atoms with Crippen molar-refractivity contribution in [3.63, 3.8) is 0 Å². The van der Waals surface area contributed by atoms with Gasteiger partial charge in [-0.05, 0) is 24.2 Å². The molecule has 0 fully saturated rings. The molecule has 0 spiro atoms. The van der Waals surface area contributed by atoms with Crippen molar-refractivity contribution in [2.75, 3.05) is 5.75 Å². The molecule has 0 aliphatic rings. The second-order valence-corrected chi connectivity index (χ2v) is 8.64. The van der Waals surface area contributed by atoms with Gasteiger partial charge in [0.2, 0.25) is 17.7 Å². The van der Waals surface area contributed by atoms with Crippen molar-refractivity contribution in [2.45, 2.75) is 72.1 Å². The van der Waals surface area contributed by atoms with E-state index in [-0.39, 0.29) is 23.5 Å². The van der Waals surface area contributed by atoms with Crippen LogP contribution in [0, 0.1) is 17.8 Å². The van der Waals surface area contributed by atoms with Gasteiger partial charge >= 0.3 is 5.97 Å². The molecule has 0 rings (SSSR count). The van der Waals surface area contributed by atoms with E-state index >= 15 is 0 Å². The number of nitrogens with two attached hydrogens (primary N) is 1. The number of hydrogen-bond donors (Lipinski definition) is 6. The van der Waals surface area contributed by atoms with Crippen LogP contribution in [-0.2, 0) is 19.2 Å². The lowest BCUT2D eigenvalue weighted by Crippen LogP contribution is -2.59. The summed E-state index contributed by atoms with van der Waals surface area (Å²) in [5.41, 5.74) is 5.84. The number of carbonyl (C=O) groups excluding carboxylic acids is 3. The highest BCUT2D eigenvalue weighted by molar-refractivity contribution is 7.80. The molecule has 3 amide bonds. The van der Waals surface area contributed by atoms with Crippen molar-refractivity contribution in [3.05, 3.63) is 0 Å². The van der Waals surface area contributed by atoms with Gasteiger partial charge in [0, 0.05) is 5.75 Å². The minimum atomic E-state index is -1.15. The van der Waals surface area contributed by atoms with E-state index in [1.165, 1.54) is 0 Å². The van der Waals surface area contributed by atoms with E-state index in [0.717, 1.165) is 0 Å². The zero-order valence-corrected chi connectivity index (χ0v) is 19.0. The van der Waals surface area contributed by atoms with Crippen LogP contribution in [0.2, 0.25) is 0 Å². The number of thiol groups is 1. The summed E-state index contributed by atoms with van der Waals surface area (Å²) in [5.74, 6) is -3.21. The van der Waals surface area contributed by atoms with Gasteiger partial charge in [0.05, 0.1) is 6.04 Å². The van der Waals surface area contributed by atoms with Crippen LogP contribution in [0.25, 0.3) is 0 Å². The topological polar surface area (TPSA) is 151 Å². The first-order valence-corrected chi connectivity index (χ1v) is 10.4. The molecular weight excluding hydrogens is 396 g/mol. The lowest BCUT2D eigenvalue weighted by Gasteiger charge is -2.27. The van der Waals surface area contributed by atoms with Gasteiger partial charge in [0.1, 0.15) is 18.1 Å². The molecule has 0 heterocycles. The summed E-state index contributed by atoms with van der Waals surface area (Å²) >= 11 is 4.11. The molecule has 29 heavy (non-hydrogen) atoms. The molecule has 168 valence electrons. The number of aliphatic carboxylic acids is 1. The summed E-state index contributed by atoms with van der Waals surface area (Å²) in [4.78, 5) is 48.7. The summed E-state index contributed by atoms with van der Waals surface area (Å²) in [6.45, 7) is 10.7. The molecule has 0 bridgehead atoms. The Morgan fingerprint density at radius 2 is 1.31 bits per heavy atom. The Morgan fingerprint density at radius 1 is 0.828 bits per heavy atom. The number of carbonyl (C=O) groups is 4. The standard InChI is InChI=1S/C19H36N4O5S/c1-9(2)7-12(20)16(24)21-13(8-29)17(25)22-14(10(3)4)18(26)23-15(11(5)6)19(27)28/h9-15,29H,7-8,20H2,1-6H3,(H,21,24)(H,22,25)(H,23,26)(H,27,28). The fourth-order valence-corrected chi connectivity index (χ4v) is 2.89. The summed E-state index contributed by atoms with van der Waals surface area (Å²) < 4.78 is 0. The molecule has 0 aliphatic heterocycles. The summed E-state index contributed by atoms with van der Waals surface area (Å²) in [5, 5.41) is 16.9. The third-order valence-corrected chi connectivity index (χ3v) is 4.72. The maximum atomic E-state index is 12.6. The van der Waals surface area contributed by atoms with Gasteiger partial charge in [-0.2, -0.15) is 12.6 Å². The first kappa shape index (κ1) is 27.2. The van der Waals surface area contributed by atoms with Crippen molar-refractivity contribution in [3.8, 4) is 0 Å². The average Bonchev–Trinajstić information content (AvgIpc) is 2.59. The number of rotatable bonds is 12. The van der Waals surface area contributed by atoms with Crippen LogP contribution >= 0.6 is 12.6 Å². The van der Waals surface area contributed by atoms with Crippen LogP contribution in [0.3, 0.4) is 0 Å². The number of hydrogen-bond acceptors (Lipinski definition) is 6. The Kier molecular flexibility index (Phi) is 11.9. The van der Waals surface area contributed by atoms with Crippen LogP contribution in [0.5, 0.6) is 0 Å². The lowest BCUT2D eigenvalue weighted by molar-refractivity contribution is -0.143. The van der Waals surface area contributed by atoms with Gasteiger partial charge in [0.25, 0.3) is 0 Å². The van der Waals surface area contributed by atoms with Crippen molar-refractivity contribution >= 4 is 36.3 Å². The molecule has 4 atom stereocenters. The Morgan fingerprint density at radius 3 is 1.69 bits per heavy atom. The van der Waals surface area contributed by atoms with E-state index in [1.807, 2.05) is 13.8 Å². The Labute approximate surface area is 178 Å². The number of carboxylic acids is 1. The predicted octanol–water partition coefficient (Wildman–Crippen LogP) is 0.141. The fourth-order valence-electron chi connectivity index (χ4n) is 2.63. The Bertz CT molecular complexity index is 583. The van der Waals surface area contributed by atoms with Gasteiger partial charge in [-0.1, -0.05) is 41.5 Å². The smallest absolute Gasteiger partial charge is 0.326 e. The largest absolute Gasteiger partial charge is 0.480 e. The highest BCUT2D eigenvalue weighted by Gasteiger charge is 2.32. The first-order chi connectivity index (χ1) is 13.3. The van der Waals surface area contributed by atoms with Gasteiger partial charge in [-0.15, -0.1) is 0 Å². The molecule has 0 saturated heterocycles. The van der Waals surface area contributed by atoms with Crippen LogP contribution < -0.4 is 21.7 Å². The average molecular weight is 433 g/mol. The van der Waals surface area contributed by atoms with E-state index in [2.05, 4.69) is 28.6 Å². The molecule has 0 aromatic heterocycles. The van der Waals surface area contributed by atoms with Crippen molar-refractivity contribution in [1.82, 2.24) is 16.0 Å². The quantitative estimate of drug-likeness (QED) is 0.241. The lowest BCUT2D eigenvalue weighted by atomic mass is 10.00. The minimum Gasteiger partial charge on any atom is -0.480 e. The third-order valence-electron chi connectivity index (χ3n) is 4.36. The fraction of sp³-hybridized carbons (Fsp3) is 0.789. The maximum Gasteiger partial charge on any atom is 0.326 e. The molecule has 0 aliphatic carbocycles. The molecule has 9 nitrogen and oxygen atoms in total. The third kappa shape index (κ3) is 9.49. The van der Waals surface area contributed by atoms with Gasteiger partial charge in [-0.3, -0.25) is 14.4 Å². The molecule has 0 saturated carbocycles. The number of amides is 3. The normalized spacial score (nSPS) is 15.6.